The summed E-state index contributed by atoms with van der Waals surface area (Å²) in [5.41, 5.74) is 0.915. The Hall–Kier alpha value is -1.65. The van der Waals surface area contributed by atoms with Gasteiger partial charge in [0.15, 0.2) is 6.61 Å². The van der Waals surface area contributed by atoms with Gasteiger partial charge in [-0.25, -0.2) is 0 Å². The van der Waals surface area contributed by atoms with Gasteiger partial charge in [0, 0.05) is 17.5 Å². The number of carbonyl (C=O) groups is 1. The molecule has 1 amide bonds. The maximum atomic E-state index is 12.8. The number of benzene rings is 2. The molecule has 3 nitrogen and oxygen atoms in total. The molecule has 1 saturated heterocycles. The minimum Gasteiger partial charge on any atom is -0.482 e. The number of nitrogens with zero attached hydrogens (tertiary/aromatic N) is 1. The van der Waals surface area contributed by atoms with E-state index in [0.717, 1.165) is 18.7 Å². The van der Waals surface area contributed by atoms with Gasteiger partial charge in [-0.05, 0) is 42.9 Å². The van der Waals surface area contributed by atoms with Gasteiger partial charge in [0.05, 0.1) is 5.02 Å². The lowest BCUT2D eigenvalue weighted by Crippen LogP contribution is -2.39. The molecule has 126 valence electrons. The Balaban J connectivity index is 1.69. The fourth-order valence-corrected chi connectivity index (χ4v) is 4.18. The van der Waals surface area contributed by atoms with Crippen molar-refractivity contribution in [3.8, 4) is 5.75 Å². The minimum absolute atomic E-state index is 0.0178. The zero-order valence-electron chi connectivity index (χ0n) is 13.4. The molecule has 0 N–H and O–H groups in total. The van der Waals surface area contributed by atoms with Crippen LogP contribution in [-0.4, -0.2) is 30.1 Å². The smallest absolute Gasteiger partial charge is 0.264 e. The van der Waals surface area contributed by atoms with Gasteiger partial charge in [-0.1, -0.05) is 41.9 Å². The standard InChI is InChI=1S/C19H20ClNO2S/c20-17-10-4-5-11-18(17)23-14-19(22)21(13-16-9-6-12-24-16)15-7-2-1-3-8-15/h1-5,7-8,10-11,16H,6,9,12-14H2. The molecule has 2 aromatic rings. The summed E-state index contributed by atoms with van der Waals surface area (Å²) in [4.78, 5) is 14.6. The highest BCUT2D eigenvalue weighted by Crippen LogP contribution is 2.29. The highest BCUT2D eigenvalue weighted by molar-refractivity contribution is 8.00. The summed E-state index contributed by atoms with van der Waals surface area (Å²) in [7, 11) is 0. The lowest BCUT2D eigenvalue weighted by molar-refractivity contribution is -0.120. The molecule has 1 atom stereocenters. The van der Waals surface area contributed by atoms with E-state index in [0.29, 0.717) is 16.0 Å². The normalized spacial score (nSPS) is 16.8. The summed E-state index contributed by atoms with van der Waals surface area (Å²) in [5.74, 6) is 1.67. The van der Waals surface area contributed by atoms with Crippen molar-refractivity contribution in [2.75, 3.05) is 23.8 Å². The predicted octanol–water partition coefficient (Wildman–Crippen LogP) is 4.65. The van der Waals surface area contributed by atoms with E-state index in [4.69, 9.17) is 16.3 Å². The molecule has 0 bridgehead atoms. The lowest BCUT2D eigenvalue weighted by atomic mass is 10.2. The van der Waals surface area contributed by atoms with Gasteiger partial charge < -0.3 is 9.64 Å². The Kier molecular flexibility index (Phi) is 6.05. The van der Waals surface area contributed by atoms with Gasteiger partial charge in [0.1, 0.15) is 5.75 Å². The lowest BCUT2D eigenvalue weighted by Gasteiger charge is -2.25. The van der Waals surface area contributed by atoms with Crippen LogP contribution in [0.15, 0.2) is 54.6 Å². The molecule has 1 fully saturated rings. The van der Waals surface area contributed by atoms with Gasteiger partial charge in [0.25, 0.3) is 5.91 Å². The maximum Gasteiger partial charge on any atom is 0.264 e. The molecule has 1 unspecified atom stereocenters. The van der Waals surface area contributed by atoms with Crippen molar-refractivity contribution in [2.45, 2.75) is 18.1 Å². The first kappa shape index (κ1) is 17.2. The Morgan fingerprint density at radius 3 is 2.62 bits per heavy atom. The Bertz CT molecular complexity index is 674. The topological polar surface area (TPSA) is 29.5 Å². The molecule has 1 aliphatic rings. The van der Waals surface area contributed by atoms with Crippen molar-refractivity contribution in [2.24, 2.45) is 0 Å². The Morgan fingerprint density at radius 2 is 1.92 bits per heavy atom. The van der Waals surface area contributed by atoms with Crippen LogP contribution in [0.25, 0.3) is 0 Å². The third-order valence-electron chi connectivity index (χ3n) is 3.97. The van der Waals surface area contributed by atoms with Crippen LogP contribution in [0, 0.1) is 0 Å². The van der Waals surface area contributed by atoms with Gasteiger partial charge in [-0.3, -0.25) is 4.79 Å². The number of carbonyl (C=O) groups excluding carboxylic acids is 1. The van der Waals surface area contributed by atoms with E-state index >= 15 is 0 Å². The Morgan fingerprint density at radius 1 is 1.17 bits per heavy atom. The fraction of sp³-hybridized carbons (Fsp3) is 0.316. The van der Waals surface area contributed by atoms with Crippen LogP contribution in [0.1, 0.15) is 12.8 Å². The maximum absolute atomic E-state index is 12.8. The second-order valence-electron chi connectivity index (χ2n) is 5.69. The van der Waals surface area contributed by atoms with E-state index in [-0.39, 0.29) is 12.5 Å². The van der Waals surface area contributed by atoms with Gasteiger partial charge in [0.2, 0.25) is 0 Å². The number of ether oxygens (including phenoxy) is 1. The van der Waals surface area contributed by atoms with E-state index in [9.17, 15) is 4.79 Å². The number of para-hydroxylation sites is 2. The predicted molar refractivity (Wildman–Crippen MR) is 101 cm³/mol. The summed E-state index contributed by atoms with van der Waals surface area (Å²) in [6.45, 7) is 0.704. The minimum atomic E-state index is -0.0476. The number of halogens is 1. The molecule has 1 heterocycles. The van der Waals surface area contributed by atoms with Crippen LogP contribution in [-0.2, 0) is 4.79 Å². The zero-order chi connectivity index (χ0) is 16.8. The van der Waals surface area contributed by atoms with Crippen molar-refractivity contribution in [1.82, 2.24) is 0 Å². The molecular formula is C19H20ClNO2S. The van der Waals surface area contributed by atoms with Crippen LogP contribution >= 0.6 is 23.4 Å². The largest absolute Gasteiger partial charge is 0.482 e. The highest BCUT2D eigenvalue weighted by Gasteiger charge is 2.24. The molecule has 0 aromatic heterocycles. The molecule has 1 aliphatic heterocycles. The molecule has 0 aliphatic carbocycles. The van der Waals surface area contributed by atoms with Crippen LogP contribution in [0.2, 0.25) is 5.02 Å². The van der Waals surface area contributed by atoms with Gasteiger partial charge in [-0.15, -0.1) is 0 Å². The van der Waals surface area contributed by atoms with Crippen molar-refractivity contribution >= 4 is 35.0 Å². The van der Waals surface area contributed by atoms with Gasteiger partial charge >= 0.3 is 0 Å². The van der Waals surface area contributed by atoms with E-state index in [1.165, 1.54) is 12.2 Å². The molecule has 0 saturated carbocycles. The number of amides is 1. The number of hydrogen-bond acceptors (Lipinski definition) is 3. The molecular weight excluding hydrogens is 342 g/mol. The average molecular weight is 362 g/mol. The molecule has 2 aromatic carbocycles. The number of hydrogen-bond donors (Lipinski definition) is 0. The van der Waals surface area contributed by atoms with Crippen LogP contribution in [0.3, 0.4) is 0 Å². The summed E-state index contributed by atoms with van der Waals surface area (Å²) in [6, 6.07) is 17.0. The Labute approximate surface area is 151 Å². The summed E-state index contributed by atoms with van der Waals surface area (Å²) < 4.78 is 5.64. The first-order valence-electron chi connectivity index (χ1n) is 8.08. The van der Waals surface area contributed by atoms with Crippen molar-refractivity contribution in [3.63, 3.8) is 0 Å². The number of anilines is 1. The van der Waals surface area contributed by atoms with Crippen LogP contribution in [0.5, 0.6) is 5.75 Å². The quantitative estimate of drug-likeness (QED) is 0.750. The monoisotopic (exact) mass is 361 g/mol. The van der Waals surface area contributed by atoms with E-state index in [1.54, 1.807) is 12.1 Å². The third-order valence-corrected chi connectivity index (χ3v) is 5.66. The first-order valence-corrected chi connectivity index (χ1v) is 9.51. The van der Waals surface area contributed by atoms with Crippen LogP contribution in [0.4, 0.5) is 5.69 Å². The molecule has 5 heteroatoms. The summed E-state index contributed by atoms with van der Waals surface area (Å²) in [6.07, 6.45) is 2.38. The SMILES string of the molecule is O=C(COc1ccccc1Cl)N(CC1CCCS1)c1ccccc1. The average Bonchev–Trinajstić information content (AvgIpc) is 3.13. The fourth-order valence-electron chi connectivity index (χ4n) is 2.73. The van der Waals surface area contributed by atoms with E-state index < -0.39 is 0 Å². The van der Waals surface area contributed by atoms with Crippen molar-refractivity contribution in [1.29, 1.82) is 0 Å². The summed E-state index contributed by atoms with van der Waals surface area (Å²) in [5, 5.41) is 1.01. The molecule has 24 heavy (non-hydrogen) atoms. The van der Waals surface area contributed by atoms with Crippen LogP contribution < -0.4 is 9.64 Å². The number of thioether (sulfide) groups is 1. The van der Waals surface area contributed by atoms with E-state index in [1.807, 2.05) is 59.1 Å². The second kappa shape index (κ2) is 8.45. The second-order valence-corrected chi connectivity index (χ2v) is 7.51. The van der Waals surface area contributed by atoms with Crippen molar-refractivity contribution in [3.05, 3.63) is 59.6 Å². The van der Waals surface area contributed by atoms with Gasteiger partial charge in [-0.2, -0.15) is 11.8 Å². The first-order chi connectivity index (χ1) is 11.7. The van der Waals surface area contributed by atoms with Crippen molar-refractivity contribution < 1.29 is 9.53 Å². The third kappa shape index (κ3) is 4.46. The van der Waals surface area contributed by atoms with E-state index in [2.05, 4.69) is 0 Å². The highest BCUT2D eigenvalue weighted by atomic mass is 35.5. The summed E-state index contributed by atoms with van der Waals surface area (Å²) >= 11 is 8.03. The zero-order valence-corrected chi connectivity index (χ0v) is 14.9. The number of rotatable bonds is 6. The molecule has 0 radical (unpaired) electrons. The molecule has 3 rings (SSSR count). The molecule has 0 spiro atoms.